The highest BCUT2D eigenvalue weighted by molar-refractivity contribution is 7.61. The van der Waals surface area contributed by atoms with Gasteiger partial charge in [-0.15, -0.1) is 0 Å². The SMILES string of the molecule is CCCCCC/C=C\C=C/CCCCCCCC(=O)OC[C@H](COP(=O)(O)OP(=O)(O)OC[C@H]1O[C@@H](n2ccc(N)nc2=O)C(O)[C@H]1O)OC(=O)CCCCCCCCCCCCCCC(C)C. The highest BCUT2D eigenvalue weighted by Gasteiger charge is 2.46. The fourth-order valence-electron chi connectivity index (χ4n) is 7.55. The van der Waals surface area contributed by atoms with E-state index in [4.69, 9.17) is 29.0 Å². The number of hydrogen-bond acceptors (Lipinski definition) is 15. The molecular formula is C48H85N3O15P2. The fraction of sp³-hybridized carbons (Fsp3) is 0.792. The van der Waals surface area contributed by atoms with Crippen molar-refractivity contribution in [2.75, 3.05) is 25.6 Å². The lowest BCUT2D eigenvalue weighted by Gasteiger charge is -2.21. The van der Waals surface area contributed by atoms with Gasteiger partial charge in [0.15, 0.2) is 12.3 Å². The van der Waals surface area contributed by atoms with Crippen molar-refractivity contribution in [2.45, 2.75) is 218 Å². The van der Waals surface area contributed by atoms with Crippen molar-refractivity contribution in [3.63, 3.8) is 0 Å². The van der Waals surface area contributed by atoms with Crippen molar-refractivity contribution in [3.8, 4) is 0 Å². The fourth-order valence-corrected chi connectivity index (χ4v) is 9.66. The van der Waals surface area contributed by atoms with E-state index < -0.39 is 83.7 Å². The molecule has 1 saturated heterocycles. The summed E-state index contributed by atoms with van der Waals surface area (Å²) in [5.41, 5.74) is 4.59. The summed E-state index contributed by atoms with van der Waals surface area (Å²) in [6.07, 6.45) is 28.4. The van der Waals surface area contributed by atoms with E-state index in [1.165, 1.54) is 89.3 Å². The number of phosphoric acid groups is 2. The number of phosphoric ester groups is 2. The molecule has 0 saturated carbocycles. The molecule has 2 rings (SSSR count). The number of carbonyl (C=O) groups is 2. The number of carbonyl (C=O) groups excluding carboxylic acids is 2. The van der Waals surface area contributed by atoms with Crippen LogP contribution in [-0.4, -0.2) is 85.7 Å². The topological polar surface area (TPSA) is 265 Å². The molecule has 6 N–H and O–H groups in total. The molecule has 7 atom stereocenters. The van der Waals surface area contributed by atoms with E-state index in [1.807, 2.05) is 0 Å². The molecule has 0 amide bonds. The Labute approximate surface area is 405 Å². The molecule has 1 aliphatic heterocycles. The van der Waals surface area contributed by atoms with Crippen LogP contribution in [0.3, 0.4) is 0 Å². The van der Waals surface area contributed by atoms with E-state index >= 15 is 0 Å². The molecule has 3 unspecified atom stereocenters. The second-order valence-corrected chi connectivity index (χ2v) is 21.2. The lowest BCUT2D eigenvalue weighted by molar-refractivity contribution is -0.161. The van der Waals surface area contributed by atoms with Crippen LogP contribution in [0.25, 0.3) is 0 Å². The van der Waals surface area contributed by atoms with Crippen LogP contribution < -0.4 is 11.4 Å². The number of allylic oxidation sites excluding steroid dienone is 4. The van der Waals surface area contributed by atoms with Crippen LogP contribution in [0.4, 0.5) is 5.82 Å². The summed E-state index contributed by atoms with van der Waals surface area (Å²) in [4.78, 5) is 61.9. The Kier molecular flexibility index (Phi) is 32.7. The zero-order valence-electron chi connectivity index (χ0n) is 41.1. The van der Waals surface area contributed by atoms with Gasteiger partial charge in [0, 0.05) is 19.0 Å². The highest BCUT2D eigenvalue weighted by Crippen LogP contribution is 2.60. The number of ether oxygens (including phenoxy) is 3. The number of nitrogens with two attached hydrogens (primary N) is 1. The largest absolute Gasteiger partial charge is 0.481 e. The number of aliphatic hydroxyl groups is 2. The van der Waals surface area contributed by atoms with Crippen molar-refractivity contribution in [3.05, 3.63) is 47.1 Å². The summed E-state index contributed by atoms with van der Waals surface area (Å²) in [7, 11) is -10.8. The second kappa shape index (κ2) is 36.2. The van der Waals surface area contributed by atoms with E-state index in [9.17, 15) is 43.5 Å². The first-order valence-electron chi connectivity index (χ1n) is 25.2. The smallest absolute Gasteiger partial charge is 0.462 e. The summed E-state index contributed by atoms with van der Waals surface area (Å²) in [6, 6.07) is 1.25. The molecule has 0 aromatic carbocycles. The van der Waals surface area contributed by atoms with E-state index in [-0.39, 0.29) is 18.7 Å². The minimum atomic E-state index is -5.42. The zero-order chi connectivity index (χ0) is 50.0. The molecule has 0 aliphatic carbocycles. The number of esters is 2. The lowest BCUT2D eigenvalue weighted by atomic mass is 10.0. The molecule has 2 heterocycles. The Bertz CT molecular complexity index is 1750. The second-order valence-electron chi connectivity index (χ2n) is 18.2. The predicted octanol–water partition coefficient (Wildman–Crippen LogP) is 10.1. The van der Waals surface area contributed by atoms with E-state index in [0.29, 0.717) is 12.8 Å². The van der Waals surface area contributed by atoms with Gasteiger partial charge in [0.1, 0.15) is 30.7 Å². The number of aromatic nitrogens is 2. The molecular weight excluding hydrogens is 920 g/mol. The van der Waals surface area contributed by atoms with Gasteiger partial charge in [-0.25, -0.2) is 13.9 Å². The third-order valence-electron chi connectivity index (χ3n) is 11.5. The van der Waals surface area contributed by atoms with Gasteiger partial charge >= 0.3 is 33.3 Å². The zero-order valence-corrected chi connectivity index (χ0v) is 42.9. The van der Waals surface area contributed by atoms with Crippen LogP contribution in [0.2, 0.25) is 0 Å². The first-order valence-corrected chi connectivity index (χ1v) is 28.2. The van der Waals surface area contributed by atoms with Crippen LogP contribution in [0.1, 0.15) is 194 Å². The van der Waals surface area contributed by atoms with Gasteiger partial charge in [0.25, 0.3) is 0 Å². The molecule has 20 heteroatoms. The molecule has 1 fully saturated rings. The van der Waals surface area contributed by atoms with Crippen molar-refractivity contribution >= 4 is 33.4 Å². The van der Waals surface area contributed by atoms with Gasteiger partial charge < -0.3 is 39.9 Å². The monoisotopic (exact) mass is 1010 g/mol. The molecule has 1 aliphatic rings. The molecule has 18 nitrogen and oxygen atoms in total. The average molecular weight is 1010 g/mol. The Morgan fingerprint density at radius 3 is 1.82 bits per heavy atom. The summed E-state index contributed by atoms with van der Waals surface area (Å²) in [5.74, 6) is -0.534. The summed E-state index contributed by atoms with van der Waals surface area (Å²) in [5, 5.41) is 20.9. The number of anilines is 1. The molecule has 0 radical (unpaired) electrons. The van der Waals surface area contributed by atoms with E-state index in [1.54, 1.807) is 0 Å². The number of unbranched alkanes of at least 4 members (excludes halogenated alkanes) is 20. The third-order valence-corrected chi connectivity index (χ3v) is 14.1. The van der Waals surface area contributed by atoms with Gasteiger partial charge in [0.05, 0.1) is 13.2 Å². The summed E-state index contributed by atoms with van der Waals surface area (Å²) < 4.78 is 56.8. The van der Waals surface area contributed by atoms with Gasteiger partial charge in [-0.3, -0.25) is 23.2 Å². The minimum absolute atomic E-state index is 0.0496. The standard InChI is InChI=1S/C48H85N3O15P2/c1-4-5-6-7-8-9-10-11-12-13-17-20-23-26-29-32-43(52)61-36-40(64-44(53)33-30-27-24-21-18-15-14-16-19-22-25-28-31-39(2)3)37-62-67(57,58)66-68(59,60)63-38-41-45(54)46(55)47(65-41)51-35-34-42(49)50-48(51)56/h9-12,34-35,39-41,45-47,54-55H,4-8,13-33,36-38H2,1-3H3,(H,57,58)(H,59,60)(H2,49,50,56)/b10-9-,12-11-/t40-,41-,45+,46?,47-/m1/s1. The van der Waals surface area contributed by atoms with Crippen LogP contribution in [0.15, 0.2) is 41.4 Å². The summed E-state index contributed by atoms with van der Waals surface area (Å²) in [6.45, 7) is 4.43. The quantitative estimate of drug-likeness (QED) is 0.0177. The normalized spacial score (nSPS) is 19.7. The summed E-state index contributed by atoms with van der Waals surface area (Å²) >= 11 is 0. The van der Waals surface area contributed by atoms with Gasteiger partial charge in [0.2, 0.25) is 0 Å². The molecule has 0 spiro atoms. The van der Waals surface area contributed by atoms with E-state index in [0.717, 1.165) is 74.7 Å². The first-order chi connectivity index (χ1) is 32.5. The first kappa shape index (κ1) is 61.4. The number of hydrogen-bond donors (Lipinski definition) is 5. The highest BCUT2D eigenvalue weighted by atomic mass is 31.3. The van der Waals surface area contributed by atoms with Crippen LogP contribution in [-0.2, 0) is 46.3 Å². The van der Waals surface area contributed by atoms with Crippen LogP contribution in [0.5, 0.6) is 0 Å². The maximum atomic E-state index is 12.9. The Morgan fingerprint density at radius 1 is 0.750 bits per heavy atom. The number of aliphatic hydroxyl groups excluding tert-OH is 2. The average Bonchev–Trinajstić information content (AvgIpc) is 3.56. The maximum absolute atomic E-state index is 12.9. The maximum Gasteiger partial charge on any atom is 0.481 e. The van der Waals surface area contributed by atoms with Gasteiger partial charge in [-0.1, -0.05) is 161 Å². The third kappa shape index (κ3) is 29.4. The molecule has 1 aromatic heterocycles. The Hall–Kier alpha value is -2.76. The van der Waals surface area contributed by atoms with E-state index in [2.05, 4.69) is 54.4 Å². The number of nitrogens with zero attached hydrogens (tertiary/aromatic N) is 2. The number of rotatable bonds is 41. The predicted molar refractivity (Wildman–Crippen MR) is 261 cm³/mol. The van der Waals surface area contributed by atoms with Gasteiger partial charge in [-0.05, 0) is 50.5 Å². The van der Waals surface area contributed by atoms with Gasteiger partial charge in [-0.2, -0.15) is 9.29 Å². The van der Waals surface area contributed by atoms with Crippen molar-refractivity contribution in [1.29, 1.82) is 0 Å². The van der Waals surface area contributed by atoms with Crippen LogP contribution in [0, 0.1) is 5.92 Å². The Balaban J connectivity index is 1.81. The van der Waals surface area contributed by atoms with Crippen LogP contribution >= 0.6 is 15.6 Å². The van der Waals surface area contributed by atoms with Crippen molar-refractivity contribution < 1.29 is 66.3 Å². The molecule has 68 heavy (non-hydrogen) atoms. The molecule has 1 aromatic rings. The van der Waals surface area contributed by atoms with Crippen molar-refractivity contribution in [1.82, 2.24) is 9.55 Å². The minimum Gasteiger partial charge on any atom is -0.462 e. The molecule has 0 bridgehead atoms. The lowest BCUT2D eigenvalue weighted by Crippen LogP contribution is -2.36. The molecule has 392 valence electrons. The number of nitrogen functional groups attached to an aromatic ring is 1. The van der Waals surface area contributed by atoms with Crippen molar-refractivity contribution in [2.24, 2.45) is 5.92 Å². The Morgan fingerprint density at radius 2 is 1.26 bits per heavy atom.